The summed E-state index contributed by atoms with van der Waals surface area (Å²) in [5, 5.41) is 3.82. The van der Waals surface area contributed by atoms with Crippen LogP contribution in [0, 0.1) is 17.3 Å². The highest BCUT2D eigenvalue weighted by molar-refractivity contribution is 6.03. The van der Waals surface area contributed by atoms with Crippen molar-refractivity contribution in [2.24, 2.45) is 17.3 Å². The van der Waals surface area contributed by atoms with Gasteiger partial charge in [-0.2, -0.15) is 0 Å². The molecule has 2 saturated carbocycles. The fraction of sp³-hybridized carbons (Fsp3) is 0.897. The van der Waals surface area contributed by atoms with Gasteiger partial charge in [-0.05, 0) is 51.4 Å². The van der Waals surface area contributed by atoms with Gasteiger partial charge < -0.3 is 10.2 Å². The molecule has 2 unspecified atom stereocenters. The minimum Gasteiger partial charge on any atom is -0.326 e. The van der Waals surface area contributed by atoms with Crippen LogP contribution in [0.15, 0.2) is 0 Å². The topological polar surface area (TPSA) is 69.7 Å². The molecular weight excluding hydrogens is 438 g/mol. The van der Waals surface area contributed by atoms with Crippen LogP contribution in [0.25, 0.3) is 0 Å². The average Bonchev–Trinajstić information content (AvgIpc) is 2.92. The predicted octanol–water partition coefficient (Wildman–Crippen LogP) is 5.69. The second kappa shape index (κ2) is 11.7. The third-order valence-electron chi connectivity index (χ3n) is 9.89. The van der Waals surface area contributed by atoms with Crippen LogP contribution in [0.3, 0.4) is 0 Å². The standard InChI is InChI=1S/C29H49N3O3/c1-28(24-14-10-9-11-15-24)22-31(2)27(35)32(26(28)34)21-25(33)23-16-19-29(30-20-23)17-12-7-5-3-4-6-8-13-18-29/h23-24,30H,3-22H2,1-2H3. The number of ketones is 1. The number of carbonyl (C=O) groups is 3. The Morgan fingerprint density at radius 1 is 0.857 bits per heavy atom. The molecule has 198 valence electrons. The van der Waals surface area contributed by atoms with Crippen LogP contribution in [-0.4, -0.2) is 59.7 Å². The SMILES string of the molecule is CN1CC(C)(C2CCCCC2)C(=O)N(CC(=O)C2CCC3(CCCCCCCCCC3)NC2)C1=O. The minimum absolute atomic E-state index is 0.0482. The molecule has 1 spiro atoms. The number of nitrogens with zero attached hydrogens (tertiary/aromatic N) is 2. The quantitative estimate of drug-likeness (QED) is 0.553. The Hall–Kier alpha value is -1.43. The Balaban J connectivity index is 1.37. The van der Waals surface area contributed by atoms with Crippen LogP contribution in [0.1, 0.15) is 116 Å². The molecule has 0 aromatic carbocycles. The summed E-state index contributed by atoms with van der Waals surface area (Å²) in [6, 6.07) is -0.305. The summed E-state index contributed by atoms with van der Waals surface area (Å²) in [4.78, 5) is 43.0. The third kappa shape index (κ3) is 6.11. The average molecular weight is 488 g/mol. The number of rotatable bonds is 4. The lowest BCUT2D eigenvalue weighted by Crippen LogP contribution is -2.63. The van der Waals surface area contributed by atoms with E-state index in [1.165, 1.54) is 75.5 Å². The van der Waals surface area contributed by atoms with Crippen molar-refractivity contribution in [2.45, 2.75) is 122 Å². The highest BCUT2D eigenvalue weighted by atomic mass is 16.2. The lowest BCUT2D eigenvalue weighted by Gasteiger charge is -2.48. The number of Topliss-reactive ketones (excluding diaryl/α,β-unsaturated/α-hetero) is 1. The number of hydrogen-bond donors (Lipinski definition) is 1. The minimum atomic E-state index is -0.576. The molecule has 2 aliphatic heterocycles. The molecule has 1 N–H and O–H groups in total. The van der Waals surface area contributed by atoms with E-state index >= 15 is 0 Å². The van der Waals surface area contributed by atoms with Gasteiger partial charge in [0.25, 0.3) is 0 Å². The molecule has 3 amide bonds. The zero-order chi connectivity index (χ0) is 24.9. The van der Waals surface area contributed by atoms with Crippen LogP contribution in [0.5, 0.6) is 0 Å². The maximum Gasteiger partial charge on any atom is 0.326 e. The van der Waals surface area contributed by atoms with Gasteiger partial charge in [0, 0.05) is 31.6 Å². The summed E-state index contributed by atoms with van der Waals surface area (Å²) in [6.07, 6.45) is 20.6. The first-order chi connectivity index (χ1) is 16.8. The van der Waals surface area contributed by atoms with Crippen molar-refractivity contribution in [1.29, 1.82) is 0 Å². The fourth-order valence-corrected chi connectivity index (χ4v) is 7.49. The van der Waals surface area contributed by atoms with E-state index in [0.29, 0.717) is 19.0 Å². The number of urea groups is 1. The van der Waals surface area contributed by atoms with E-state index in [0.717, 1.165) is 38.5 Å². The molecule has 4 fully saturated rings. The maximum absolute atomic E-state index is 13.6. The molecule has 6 heteroatoms. The lowest BCUT2D eigenvalue weighted by atomic mass is 9.68. The molecule has 4 aliphatic rings. The first-order valence-corrected chi connectivity index (χ1v) is 14.7. The first kappa shape index (κ1) is 26.6. The number of nitrogens with one attached hydrogen (secondary N) is 1. The summed E-state index contributed by atoms with van der Waals surface area (Å²) in [5.74, 6) is 0.119. The Morgan fingerprint density at radius 2 is 1.43 bits per heavy atom. The highest BCUT2D eigenvalue weighted by Gasteiger charge is 2.51. The van der Waals surface area contributed by atoms with Crippen molar-refractivity contribution in [2.75, 3.05) is 26.7 Å². The molecule has 0 radical (unpaired) electrons. The molecule has 0 aromatic rings. The van der Waals surface area contributed by atoms with Crippen molar-refractivity contribution >= 4 is 17.7 Å². The van der Waals surface area contributed by atoms with E-state index in [1.54, 1.807) is 11.9 Å². The van der Waals surface area contributed by atoms with E-state index in [4.69, 9.17) is 0 Å². The molecule has 6 nitrogen and oxygen atoms in total. The Kier molecular flexibility index (Phi) is 8.94. The van der Waals surface area contributed by atoms with Gasteiger partial charge in [-0.3, -0.25) is 14.5 Å². The number of carbonyl (C=O) groups excluding carboxylic acids is 3. The summed E-state index contributed by atoms with van der Waals surface area (Å²) < 4.78 is 0. The van der Waals surface area contributed by atoms with Gasteiger partial charge in [-0.1, -0.05) is 70.6 Å². The smallest absolute Gasteiger partial charge is 0.326 e. The number of hydrogen-bond acceptors (Lipinski definition) is 4. The molecular formula is C29H49N3O3. The fourth-order valence-electron chi connectivity index (χ4n) is 7.49. The van der Waals surface area contributed by atoms with Gasteiger partial charge >= 0.3 is 6.03 Å². The Labute approximate surface area is 212 Å². The molecule has 2 saturated heterocycles. The predicted molar refractivity (Wildman–Crippen MR) is 139 cm³/mol. The maximum atomic E-state index is 13.6. The van der Waals surface area contributed by atoms with Crippen molar-refractivity contribution in [3.05, 3.63) is 0 Å². The number of piperidine rings is 1. The van der Waals surface area contributed by atoms with Crippen LogP contribution >= 0.6 is 0 Å². The Bertz CT molecular complexity index is 740. The third-order valence-corrected chi connectivity index (χ3v) is 9.89. The zero-order valence-corrected chi connectivity index (χ0v) is 22.4. The second-order valence-electron chi connectivity index (χ2n) is 12.5. The van der Waals surface area contributed by atoms with Gasteiger partial charge in [0.15, 0.2) is 5.78 Å². The van der Waals surface area contributed by atoms with E-state index < -0.39 is 5.41 Å². The number of amides is 3. The lowest BCUT2D eigenvalue weighted by molar-refractivity contribution is -0.150. The van der Waals surface area contributed by atoms with E-state index in [2.05, 4.69) is 5.32 Å². The number of imide groups is 1. The normalized spacial score (nSPS) is 31.9. The van der Waals surface area contributed by atoms with Gasteiger partial charge in [-0.15, -0.1) is 0 Å². The second-order valence-corrected chi connectivity index (χ2v) is 12.5. The molecule has 4 rings (SSSR count). The molecule has 0 aromatic heterocycles. The van der Waals surface area contributed by atoms with Gasteiger partial charge in [0.2, 0.25) is 5.91 Å². The van der Waals surface area contributed by atoms with Gasteiger partial charge in [-0.25, -0.2) is 4.79 Å². The summed E-state index contributed by atoms with van der Waals surface area (Å²) in [6.45, 7) is 3.11. The van der Waals surface area contributed by atoms with Crippen molar-refractivity contribution in [3.63, 3.8) is 0 Å². The monoisotopic (exact) mass is 487 g/mol. The highest BCUT2D eigenvalue weighted by Crippen LogP contribution is 2.42. The van der Waals surface area contributed by atoms with Crippen molar-refractivity contribution < 1.29 is 14.4 Å². The summed E-state index contributed by atoms with van der Waals surface area (Å²) >= 11 is 0. The molecule has 2 atom stereocenters. The first-order valence-electron chi connectivity index (χ1n) is 14.7. The van der Waals surface area contributed by atoms with Gasteiger partial charge in [0.1, 0.15) is 0 Å². The Morgan fingerprint density at radius 3 is 2.00 bits per heavy atom. The van der Waals surface area contributed by atoms with Crippen LogP contribution in [-0.2, 0) is 9.59 Å². The van der Waals surface area contributed by atoms with Crippen molar-refractivity contribution in [3.8, 4) is 0 Å². The molecule has 0 bridgehead atoms. The van der Waals surface area contributed by atoms with Crippen LogP contribution < -0.4 is 5.32 Å². The van der Waals surface area contributed by atoms with E-state index in [-0.39, 0.29) is 35.7 Å². The molecule has 2 aliphatic carbocycles. The molecule has 35 heavy (non-hydrogen) atoms. The largest absolute Gasteiger partial charge is 0.326 e. The summed E-state index contributed by atoms with van der Waals surface area (Å²) in [7, 11) is 1.78. The summed E-state index contributed by atoms with van der Waals surface area (Å²) in [5.41, 5.74) is -0.398. The van der Waals surface area contributed by atoms with E-state index in [9.17, 15) is 14.4 Å². The van der Waals surface area contributed by atoms with Crippen molar-refractivity contribution in [1.82, 2.24) is 15.1 Å². The zero-order valence-electron chi connectivity index (χ0n) is 22.4. The van der Waals surface area contributed by atoms with E-state index in [1.807, 2.05) is 6.92 Å². The molecule has 2 heterocycles. The van der Waals surface area contributed by atoms with Crippen LogP contribution in [0.4, 0.5) is 4.79 Å². The van der Waals surface area contributed by atoms with Crippen LogP contribution in [0.2, 0.25) is 0 Å². The van der Waals surface area contributed by atoms with Gasteiger partial charge in [0.05, 0.1) is 12.0 Å².